The van der Waals surface area contributed by atoms with Crippen LogP contribution in [0.15, 0.2) is 42.5 Å². The third kappa shape index (κ3) is 5.43. The molecule has 0 aromatic heterocycles. The molecule has 0 saturated carbocycles. The van der Waals surface area contributed by atoms with Crippen molar-refractivity contribution in [3.05, 3.63) is 70.3 Å². The van der Waals surface area contributed by atoms with E-state index in [-0.39, 0.29) is 17.2 Å². The number of nitrogens with zero attached hydrogens (tertiary/aromatic N) is 2. The summed E-state index contributed by atoms with van der Waals surface area (Å²) in [6.45, 7) is 4.62. The predicted molar refractivity (Wildman–Crippen MR) is 138 cm³/mol. The summed E-state index contributed by atoms with van der Waals surface area (Å²) in [5, 5.41) is 15.2. The topological polar surface area (TPSA) is 55.8 Å². The molecule has 36 heavy (non-hydrogen) atoms. The zero-order valence-electron chi connectivity index (χ0n) is 20.2. The third-order valence-corrected chi connectivity index (χ3v) is 8.36. The fraction of sp³-hybridized carbons (Fsp3) is 0.464. The van der Waals surface area contributed by atoms with Gasteiger partial charge in [-0.1, -0.05) is 17.7 Å². The molecule has 1 amide bonds. The van der Waals surface area contributed by atoms with E-state index in [2.05, 4.69) is 16.3 Å². The van der Waals surface area contributed by atoms with E-state index in [9.17, 15) is 18.7 Å². The van der Waals surface area contributed by atoms with Crippen molar-refractivity contribution in [3.8, 4) is 0 Å². The van der Waals surface area contributed by atoms with Crippen molar-refractivity contribution < 1.29 is 18.7 Å². The van der Waals surface area contributed by atoms with Gasteiger partial charge in [-0.3, -0.25) is 4.79 Å². The van der Waals surface area contributed by atoms with Crippen molar-refractivity contribution in [1.82, 2.24) is 9.80 Å². The van der Waals surface area contributed by atoms with Crippen LogP contribution in [0.4, 0.5) is 14.5 Å². The zero-order chi connectivity index (χ0) is 25.3. The lowest BCUT2D eigenvalue weighted by Crippen LogP contribution is -2.48. The molecule has 2 aromatic rings. The molecular formula is C28H32ClF2N3O2. The number of rotatable bonds is 5. The van der Waals surface area contributed by atoms with E-state index in [1.807, 2.05) is 12.1 Å². The number of amides is 1. The third-order valence-electron chi connectivity index (χ3n) is 8.13. The molecule has 3 aliphatic rings. The minimum Gasteiger partial charge on any atom is -0.392 e. The lowest BCUT2D eigenvalue weighted by molar-refractivity contribution is -0.128. The number of anilines is 1. The highest BCUT2D eigenvalue weighted by Crippen LogP contribution is 2.44. The maximum Gasteiger partial charge on any atom is 0.246 e. The highest BCUT2D eigenvalue weighted by molar-refractivity contribution is 6.30. The molecule has 0 unspecified atom stereocenters. The molecule has 0 bridgehead atoms. The minimum atomic E-state index is -0.671. The standard InChI is InChI=1S/C28H32ClF2N3O2/c29-21-2-3-24-25(15-21)32-18-28(24)7-11-33(12-8-28)17-26(35)20-5-9-34(10-6-20)27(36)4-1-19-13-22(30)16-23(31)14-19/h1-4,13-16,20,26,32,35H,5-12,17-18H2/b4-1+/t26-/m1/s1. The van der Waals surface area contributed by atoms with Crippen molar-refractivity contribution in [1.29, 1.82) is 0 Å². The number of nitrogens with one attached hydrogen (secondary N) is 1. The normalized spacial score (nSPS) is 21.1. The van der Waals surface area contributed by atoms with Crippen LogP contribution >= 0.6 is 11.6 Å². The van der Waals surface area contributed by atoms with Crippen molar-refractivity contribution in [3.63, 3.8) is 0 Å². The van der Waals surface area contributed by atoms with Gasteiger partial charge in [-0.05, 0) is 86.2 Å². The lowest BCUT2D eigenvalue weighted by atomic mass is 9.74. The van der Waals surface area contributed by atoms with E-state index in [0.717, 1.165) is 62.1 Å². The molecule has 8 heteroatoms. The largest absolute Gasteiger partial charge is 0.392 e. The lowest BCUT2D eigenvalue weighted by Gasteiger charge is -2.41. The van der Waals surface area contributed by atoms with E-state index in [0.29, 0.717) is 25.2 Å². The number of piperidine rings is 2. The summed E-state index contributed by atoms with van der Waals surface area (Å²) in [6.07, 6.45) is 5.96. The number of β-amino-alcohol motifs (C(OH)–C–C–N with tert-alkyl or cyclic N) is 1. The second kappa shape index (κ2) is 10.5. The molecule has 0 radical (unpaired) electrons. The number of hydrogen-bond donors (Lipinski definition) is 2. The van der Waals surface area contributed by atoms with Gasteiger partial charge >= 0.3 is 0 Å². The summed E-state index contributed by atoms with van der Waals surface area (Å²) in [4.78, 5) is 16.6. The van der Waals surface area contributed by atoms with Gasteiger partial charge in [-0.2, -0.15) is 0 Å². The van der Waals surface area contributed by atoms with Crippen molar-refractivity contribution >= 4 is 29.3 Å². The van der Waals surface area contributed by atoms with Crippen molar-refractivity contribution in [2.45, 2.75) is 37.2 Å². The maximum absolute atomic E-state index is 13.3. The van der Waals surface area contributed by atoms with Crippen LogP contribution in [0.25, 0.3) is 6.08 Å². The first kappa shape index (κ1) is 25.2. The SMILES string of the molecule is O=C(/C=C/c1cc(F)cc(F)c1)N1CCC([C@H](O)CN2CCC3(CC2)CNc2cc(Cl)ccc23)CC1. The Hall–Kier alpha value is -2.48. The summed E-state index contributed by atoms with van der Waals surface area (Å²) < 4.78 is 26.7. The molecule has 1 spiro atoms. The second-order valence-corrected chi connectivity index (χ2v) is 10.8. The fourth-order valence-corrected chi connectivity index (χ4v) is 6.13. The van der Waals surface area contributed by atoms with Gasteiger partial charge in [0, 0.05) is 54.4 Å². The van der Waals surface area contributed by atoms with Gasteiger partial charge in [-0.25, -0.2) is 8.78 Å². The van der Waals surface area contributed by atoms with Crippen LogP contribution in [0.3, 0.4) is 0 Å². The molecule has 0 aliphatic carbocycles. The van der Waals surface area contributed by atoms with Crippen LogP contribution in [-0.2, 0) is 10.2 Å². The smallest absolute Gasteiger partial charge is 0.246 e. The Morgan fingerprint density at radius 2 is 1.81 bits per heavy atom. The van der Waals surface area contributed by atoms with Crippen LogP contribution in [-0.4, -0.2) is 66.2 Å². The number of carbonyl (C=O) groups excluding carboxylic acids is 1. The van der Waals surface area contributed by atoms with Gasteiger partial charge in [0.05, 0.1) is 6.10 Å². The monoisotopic (exact) mass is 515 g/mol. The molecule has 3 heterocycles. The molecule has 5 nitrogen and oxygen atoms in total. The molecular weight excluding hydrogens is 484 g/mol. The number of carbonyl (C=O) groups is 1. The Balaban J connectivity index is 1.08. The fourth-order valence-electron chi connectivity index (χ4n) is 5.96. The average molecular weight is 516 g/mol. The number of benzene rings is 2. The van der Waals surface area contributed by atoms with Crippen LogP contribution in [0, 0.1) is 17.6 Å². The van der Waals surface area contributed by atoms with Crippen LogP contribution in [0.1, 0.15) is 36.8 Å². The van der Waals surface area contributed by atoms with Gasteiger partial charge < -0.3 is 20.2 Å². The Morgan fingerprint density at radius 3 is 2.50 bits per heavy atom. The summed E-state index contributed by atoms with van der Waals surface area (Å²) in [7, 11) is 0. The highest BCUT2D eigenvalue weighted by Gasteiger charge is 2.42. The summed E-state index contributed by atoms with van der Waals surface area (Å²) >= 11 is 6.16. The summed E-state index contributed by atoms with van der Waals surface area (Å²) in [5.41, 5.74) is 2.98. The number of halogens is 3. The predicted octanol–water partition coefficient (Wildman–Crippen LogP) is 4.69. The van der Waals surface area contributed by atoms with E-state index in [4.69, 9.17) is 11.6 Å². The second-order valence-electron chi connectivity index (χ2n) is 10.4. The molecule has 1 atom stereocenters. The molecule has 192 valence electrons. The first-order valence-corrected chi connectivity index (χ1v) is 13.1. The molecule has 3 aliphatic heterocycles. The van der Waals surface area contributed by atoms with Crippen molar-refractivity contribution in [2.75, 3.05) is 44.6 Å². The highest BCUT2D eigenvalue weighted by atomic mass is 35.5. The Labute approximate surface area is 215 Å². The van der Waals surface area contributed by atoms with Gasteiger partial charge in [-0.15, -0.1) is 0 Å². The van der Waals surface area contributed by atoms with E-state index in [1.165, 1.54) is 29.8 Å². The number of hydrogen-bond acceptors (Lipinski definition) is 4. The maximum atomic E-state index is 13.3. The quantitative estimate of drug-likeness (QED) is 0.567. The average Bonchev–Trinajstić information content (AvgIpc) is 3.20. The number of fused-ring (bicyclic) bond motifs is 2. The molecule has 2 N–H and O–H groups in total. The Morgan fingerprint density at radius 1 is 1.11 bits per heavy atom. The van der Waals surface area contributed by atoms with E-state index < -0.39 is 17.7 Å². The number of likely N-dealkylation sites (tertiary alicyclic amines) is 2. The first-order valence-electron chi connectivity index (χ1n) is 12.7. The number of aliphatic hydroxyl groups is 1. The minimum absolute atomic E-state index is 0.151. The molecule has 2 saturated heterocycles. The molecule has 2 fully saturated rings. The van der Waals surface area contributed by atoms with Gasteiger partial charge in [0.15, 0.2) is 0 Å². The molecule has 5 rings (SSSR count). The zero-order valence-corrected chi connectivity index (χ0v) is 21.0. The van der Waals surface area contributed by atoms with E-state index in [1.54, 1.807) is 4.90 Å². The Bertz CT molecular complexity index is 1120. The van der Waals surface area contributed by atoms with Crippen LogP contribution in [0.2, 0.25) is 5.02 Å². The van der Waals surface area contributed by atoms with Gasteiger partial charge in [0.1, 0.15) is 11.6 Å². The Kier molecular flexibility index (Phi) is 7.33. The van der Waals surface area contributed by atoms with Gasteiger partial charge in [0.2, 0.25) is 5.91 Å². The molecule has 2 aromatic carbocycles. The van der Waals surface area contributed by atoms with Crippen LogP contribution < -0.4 is 5.32 Å². The van der Waals surface area contributed by atoms with Crippen molar-refractivity contribution in [2.24, 2.45) is 5.92 Å². The van der Waals surface area contributed by atoms with E-state index >= 15 is 0 Å². The van der Waals surface area contributed by atoms with Gasteiger partial charge in [0.25, 0.3) is 0 Å². The first-order chi connectivity index (χ1) is 17.3. The van der Waals surface area contributed by atoms with Crippen LogP contribution in [0.5, 0.6) is 0 Å². The number of aliphatic hydroxyl groups excluding tert-OH is 1. The summed E-state index contributed by atoms with van der Waals surface area (Å²) in [5.74, 6) is -1.37. The summed E-state index contributed by atoms with van der Waals surface area (Å²) in [6, 6.07) is 9.32.